The van der Waals surface area contributed by atoms with E-state index in [0.29, 0.717) is 23.0 Å². The lowest BCUT2D eigenvalue weighted by Crippen LogP contribution is -2.29. The first kappa shape index (κ1) is 18.3. The van der Waals surface area contributed by atoms with Gasteiger partial charge in [-0.15, -0.1) is 0 Å². The molecule has 0 spiro atoms. The largest absolute Gasteiger partial charge is 0.497 e. The Labute approximate surface area is 157 Å². The van der Waals surface area contributed by atoms with Crippen molar-refractivity contribution in [2.75, 3.05) is 7.11 Å². The fourth-order valence-electron chi connectivity index (χ4n) is 2.59. The molecule has 0 aliphatic heterocycles. The molecule has 3 aromatic carbocycles. The van der Waals surface area contributed by atoms with Crippen LogP contribution in [-0.4, -0.2) is 24.3 Å². The Hall–Kier alpha value is -3.47. The number of carbonyl (C=O) groups is 1. The maximum atomic E-state index is 11.7. The van der Waals surface area contributed by atoms with Crippen LogP contribution in [0, 0.1) is 0 Å². The zero-order chi connectivity index (χ0) is 19.1. The smallest absolute Gasteiger partial charge is 0.345 e. The molecule has 0 saturated heterocycles. The number of carboxylic acids is 1. The van der Waals surface area contributed by atoms with E-state index in [4.69, 9.17) is 14.2 Å². The molecule has 0 amide bonds. The summed E-state index contributed by atoms with van der Waals surface area (Å²) in [7, 11) is 1.57. The third-order valence-corrected chi connectivity index (χ3v) is 3.96. The number of benzene rings is 3. The first-order valence-electron chi connectivity index (χ1n) is 8.50. The molecule has 5 nitrogen and oxygen atoms in total. The highest BCUT2D eigenvalue weighted by atomic mass is 16.5. The van der Waals surface area contributed by atoms with E-state index in [9.17, 15) is 9.90 Å². The molecular formula is C22H20O5. The van der Waals surface area contributed by atoms with Gasteiger partial charge in [0.05, 0.1) is 7.11 Å². The zero-order valence-corrected chi connectivity index (χ0v) is 14.9. The second-order valence-electron chi connectivity index (χ2n) is 5.85. The fourth-order valence-corrected chi connectivity index (χ4v) is 2.59. The minimum Gasteiger partial charge on any atom is -0.497 e. The Morgan fingerprint density at radius 2 is 1.48 bits per heavy atom. The summed E-state index contributed by atoms with van der Waals surface area (Å²) in [6, 6.07) is 23.5. The molecule has 0 radical (unpaired) electrons. The molecule has 1 N–H and O–H groups in total. The molecule has 1 atom stereocenters. The van der Waals surface area contributed by atoms with E-state index in [-0.39, 0.29) is 6.42 Å². The van der Waals surface area contributed by atoms with E-state index >= 15 is 0 Å². The van der Waals surface area contributed by atoms with Crippen LogP contribution in [0.2, 0.25) is 0 Å². The number of rotatable bonds is 8. The maximum absolute atomic E-state index is 11.7. The lowest BCUT2D eigenvalue weighted by Gasteiger charge is -2.17. The van der Waals surface area contributed by atoms with E-state index in [1.54, 1.807) is 31.4 Å². The standard InChI is InChI=1S/C22H20O5/c1-25-17-11-13-19(14-12-17)27-21(22(23)24)15-16-7-5-6-10-20(16)26-18-8-3-2-4-9-18/h2-14,21H,15H2,1H3,(H,23,24)/t21-/m0/s1. The zero-order valence-electron chi connectivity index (χ0n) is 14.9. The van der Waals surface area contributed by atoms with E-state index in [0.717, 1.165) is 5.56 Å². The maximum Gasteiger partial charge on any atom is 0.345 e. The third-order valence-electron chi connectivity index (χ3n) is 3.96. The van der Waals surface area contributed by atoms with Crippen molar-refractivity contribution in [2.24, 2.45) is 0 Å². The summed E-state index contributed by atoms with van der Waals surface area (Å²) >= 11 is 0. The van der Waals surface area contributed by atoms with E-state index < -0.39 is 12.1 Å². The molecule has 3 rings (SSSR count). The lowest BCUT2D eigenvalue weighted by molar-refractivity contribution is -0.145. The van der Waals surface area contributed by atoms with Crippen LogP contribution in [0.1, 0.15) is 5.56 Å². The molecule has 27 heavy (non-hydrogen) atoms. The Kier molecular flexibility index (Phi) is 5.94. The van der Waals surface area contributed by atoms with Crippen molar-refractivity contribution in [3.63, 3.8) is 0 Å². The van der Waals surface area contributed by atoms with Crippen LogP contribution in [0.5, 0.6) is 23.0 Å². The summed E-state index contributed by atoms with van der Waals surface area (Å²) in [5, 5.41) is 9.59. The Morgan fingerprint density at radius 1 is 0.852 bits per heavy atom. The van der Waals surface area contributed by atoms with Gasteiger partial charge in [-0.25, -0.2) is 4.79 Å². The van der Waals surface area contributed by atoms with Crippen molar-refractivity contribution >= 4 is 5.97 Å². The number of carboxylic acid groups (broad SMARTS) is 1. The van der Waals surface area contributed by atoms with Crippen LogP contribution in [0.25, 0.3) is 0 Å². The molecule has 0 saturated carbocycles. The second kappa shape index (κ2) is 8.76. The van der Waals surface area contributed by atoms with Crippen LogP contribution in [0.3, 0.4) is 0 Å². The highest BCUT2D eigenvalue weighted by Gasteiger charge is 2.22. The normalized spacial score (nSPS) is 11.4. The van der Waals surface area contributed by atoms with Crippen molar-refractivity contribution < 1.29 is 24.1 Å². The van der Waals surface area contributed by atoms with Gasteiger partial charge in [0, 0.05) is 6.42 Å². The van der Waals surface area contributed by atoms with Gasteiger partial charge in [0.15, 0.2) is 6.10 Å². The van der Waals surface area contributed by atoms with E-state index in [2.05, 4.69) is 0 Å². The Bertz CT molecular complexity index is 875. The molecule has 0 heterocycles. The van der Waals surface area contributed by atoms with Crippen molar-refractivity contribution in [3.05, 3.63) is 84.4 Å². The summed E-state index contributed by atoms with van der Waals surface area (Å²) in [5.74, 6) is 1.39. The average Bonchev–Trinajstić information content (AvgIpc) is 2.70. The number of ether oxygens (including phenoxy) is 3. The summed E-state index contributed by atoms with van der Waals surface area (Å²) in [6.07, 6.45) is -0.872. The van der Waals surface area contributed by atoms with Crippen molar-refractivity contribution in [1.82, 2.24) is 0 Å². The third kappa shape index (κ3) is 5.01. The Balaban J connectivity index is 1.77. The molecule has 5 heteroatoms. The minimum atomic E-state index is -1.04. The predicted molar refractivity (Wildman–Crippen MR) is 102 cm³/mol. The molecule has 0 unspecified atom stereocenters. The fraction of sp³-hybridized carbons (Fsp3) is 0.136. The minimum absolute atomic E-state index is 0.171. The van der Waals surface area contributed by atoms with Gasteiger partial charge in [-0.1, -0.05) is 36.4 Å². The van der Waals surface area contributed by atoms with Crippen molar-refractivity contribution in [1.29, 1.82) is 0 Å². The van der Waals surface area contributed by atoms with Gasteiger partial charge in [0.25, 0.3) is 0 Å². The van der Waals surface area contributed by atoms with Gasteiger partial charge < -0.3 is 19.3 Å². The summed E-state index contributed by atoms with van der Waals surface area (Å²) in [5.41, 5.74) is 0.752. The van der Waals surface area contributed by atoms with Gasteiger partial charge in [-0.2, -0.15) is 0 Å². The number of methoxy groups -OCH3 is 1. The molecule has 0 aliphatic rings. The first-order chi connectivity index (χ1) is 13.2. The monoisotopic (exact) mass is 364 g/mol. The Morgan fingerprint density at radius 3 is 2.15 bits per heavy atom. The number of aliphatic carboxylic acids is 1. The van der Waals surface area contributed by atoms with Crippen molar-refractivity contribution in [3.8, 4) is 23.0 Å². The highest BCUT2D eigenvalue weighted by Crippen LogP contribution is 2.27. The van der Waals surface area contributed by atoms with E-state index in [1.807, 2.05) is 54.6 Å². The van der Waals surface area contributed by atoms with Crippen molar-refractivity contribution in [2.45, 2.75) is 12.5 Å². The number of hydrogen-bond acceptors (Lipinski definition) is 4. The van der Waals surface area contributed by atoms with Crippen LogP contribution in [-0.2, 0) is 11.2 Å². The topological polar surface area (TPSA) is 65.0 Å². The molecule has 0 aliphatic carbocycles. The molecule has 0 aromatic heterocycles. The highest BCUT2D eigenvalue weighted by molar-refractivity contribution is 5.73. The van der Waals surface area contributed by atoms with E-state index in [1.165, 1.54) is 0 Å². The van der Waals surface area contributed by atoms with Crippen LogP contribution < -0.4 is 14.2 Å². The van der Waals surface area contributed by atoms with Crippen LogP contribution in [0.15, 0.2) is 78.9 Å². The van der Waals surface area contributed by atoms with Crippen LogP contribution >= 0.6 is 0 Å². The summed E-state index contributed by atoms with van der Waals surface area (Å²) in [4.78, 5) is 11.7. The second-order valence-corrected chi connectivity index (χ2v) is 5.85. The summed E-state index contributed by atoms with van der Waals surface area (Å²) < 4.78 is 16.7. The molecule has 138 valence electrons. The SMILES string of the molecule is COc1ccc(O[C@@H](Cc2ccccc2Oc2ccccc2)C(=O)O)cc1. The lowest BCUT2D eigenvalue weighted by atomic mass is 10.1. The van der Waals surface area contributed by atoms with Gasteiger partial charge in [0.1, 0.15) is 23.0 Å². The van der Waals surface area contributed by atoms with Crippen LogP contribution in [0.4, 0.5) is 0 Å². The number of hydrogen-bond donors (Lipinski definition) is 1. The average molecular weight is 364 g/mol. The quantitative estimate of drug-likeness (QED) is 0.635. The molecule has 0 bridgehead atoms. The first-order valence-corrected chi connectivity index (χ1v) is 8.50. The summed E-state index contributed by atoms with van der Waals surface area (Å²) in [6.45, 7) is 0. The molecular weight excluding hydrogens is 344 g/mol. The predicted octanol–water partition coefficient (Wildman–Crippen LogP) is 4.56. The van der Waals surface area contributed by atoms with Gasteiger partial charge in [-0.3, -0.25) is 0 Å². The number of para-hydroxylation sites is 2. The van der Waals surface area contributed by atoms with Gasteiger partial charge in [-0.05, 0) is 48.0 Å². The molecule has 0 fully saturated rings. The molecule has 3 aromatic rings. The van der Waals surface area contributed by atoms with Gasteiger partial charge in [0.2, 0.25) is 0 Å². The van der Waals surface area contributed by atoms with Gasteiger partial charge >= 0.3 is 5.97 Å².